The van der Waals surface area contributed by atoms with Crippen LogP contribution in [0.2, 0.25) is 5.02 Å². The molecule has 5 nitrogen and oxygen atoms in total. The molecular formula is C20H28ClN3O2. The number of nitrogens with one attached hydrogen (secondary N) is 1. The SMILES string of the molecule is CCc1cccc(NC)c1COc1cc(C)c(C)cc1Cl.CN(N)C=O. The number of nitrogens with two attached hydrogens (primary N) is 1. The number of aryl methyl sites for hydroxylation is 3. The van der Waals surface area contributed by atoms with Gasteiger partial charge < -0.3 is 10.1 Å². The van der Waals surface area contributed by atoms with E-state index in [1.807, 2.05) is 19.2 Å². The predicted octanol–water partition coefficient (Wildman–Crippen LogP) is 4.09. The fourth-order valence-corrected chi connectivity index (χ4v) is 2.66. The van der Waals surface area contributed by atoms with E-state index in [0.717, 1.165) is 22.9 Å². The molecule has 0 radical (unpaired) electrons. The second-order valence-corrected chi connectivity index (χ2v) is 6.38. The molecule has 1 amide bonds. The summed E-state index contributed by atoms with van der Waals surface area (Å²) >= 11 is 6.27. The van der Waals surface area contributed by atoms with Crippen molar-refractivity contribution >= 4 is 23.7 Å². The molecule has 0 aliphatic heterocycles. The zero-order valence-corrected chi connectivity index (χ0v) is 16.9. The first-order chi connectivity index (χ1) is 12.3. The van der Waals surface area contributed by atoms with Gasteiger partial charge in [-0.05, 0) is 55.2 Å². The number of ether oxygens (including phenoxy) is 1. The summed E-state index contributed by atoms with van der Waals surface area (Å²) in [6.45, 7) is 6.79. The van der Waals surface area contributed by atoms with Gasteiger partial charge in [0.25, 0.3) is 0 Å². The Bertz CT molecular complexity index is 711. The van der Waals surface area contributed by atoms with Crippen molar-refractivity contribution < 1.29 is 9.53 Å². The van der Waals surface area contributed by atoms with Crippen molar-refractivity contribution in [3.05, 3.63) is 57.6 Å². The van der Waals surface area contributed by atoms with Gasteiger partial charge in [-0.15, -0.1) is 0 Å². The number of hydrogen-bond acceptors (Lipinski definition) is 4. The fourth-order valence-electron chi connectivity index (χ4n) is 2.39. The largest absolute Gasteiger partial charge is 0.487 e. The van der Waals surface area contributed by atoms with Crippen molar-refractivity contribution in [1.29, 1.82) is 0 Å². The van der Waals surface area contributed by atoms with Crippen LogP contribution in [0.3, 0.4) is 0 Å². The van der Waals surface area contributed by atoms with Crippen LogP contribution < -0.4 is 15.9 Å². The number of benzene rings is 2. The Morgan fingerprint density at radius 3 is 2.42 bits per heavy atom. The highest BCUT2D eigenvalue weighted by Gasteiger charge is 2.10. The number of nitrogens with zero attached hydrogens (tertiary/aromatic N) is 1. The molecule has 142 valence electrons. The third kappa shape index (κ3) is 6.24. The summed E-state index contributed by atoms with van der Waals surface area (Å²) in [5, 5.41) is 4.84. The Kier molecular flexibility index (Phi) is 8.96. The molecule has 0 bridgehead atoms. The van der Waals surface area contributed by atoms with Crippen LogP contribution in [0, 0.1) is 13.8 Å². The zero-order valence-electron chi connectivity index (χ0n) is 16.1. The summed E-state index contributed by atoms with van der Waals surface area (Å²) in [7, 11) is 3.40. The van der Waals surface area contributed by atoms with E-state index in [0.29, 0.717) is 18.0 Å². The smallest absolute Gasteiger partial charge is 0.223 e. The summed E-state index contributed by atoms with van der Waals surface area (Å²) in [6.07, 6.45) is 1.51. The topological polar surface area (TPSA) is 67.6 Å². The highest BCUT2D eigenvalue weighted by Crippen LogP contribution is 2.30. The van der Waals surface area contributed by atoms with Crippen molar-refractivity contribution in [2.75, 3.05) is 19.4 Å². The second-order valence-electron chi connectivity index (χ2n) is 5.97. The van der Waals surface area contributed by atoms with Gasteiger partial charge in [0, 0.05) is 25.3 Å². The average Bonchev–Trinajstić information content (AvgIpc) is 2.63. The van der Waals surface area contributed by atoms with E-state index in [2.05, 4.69) is 44.3 Å². The van der Waals surface area contributed by atoms with E-state index in [1.165, 1.54) is 29.3 Å². The molecule has 26 heavy (non-hydrogen) atoms. The maximum Gasteiger partial charge on any atom is 0.223 e. The quantitative estimate of drug-likeness (QED) is 0.344. The number of hydrazine groups is 1. The number of carbonyl (C=O) groups is 1. The van der Waals surface area contributed by atoms with Gasteiger partial charge in [0.05, 0.1) is 5.02 Å². The molecule has 0 heterocycles. The Hall–Kier alpha value is -2.24. The summed E-state index contributed by atoms with van der Waals surface area (Å²) < 4.78 is 5.97. The van der Waals surface area contributed by atoms with Gasteiger partial charge in [0.1, 0.15) is 12.4 Å². The number of halogens is 1. The molecule has 0 spiro atoms. The van der Waals surface area contributed by atoms with Crippen LogP contribution in [0.15, 0.2) is 30.3 Å². The molecule has 0 aromatic heterocycles. The number of carbonyl (C=O) groups excluding carboxylic acids is 1. The molecule has 2 aromatic carbocycles. The molecule has 6 heteroatoms. The van der Waals surface area contributed by atoms with Gasteiger partial charge in [0.15, 0.2) is 0 Å². The van der Waals surface area contributed by atoms with Crippen LogP contribution in [0.4, 0.5) is 5.69 Å². The van der Waals surface area contributed by atoms with Crippen molar-refractivity contribution in [1.82, 2.24) is 5.01 Å². The van der Waals surface area contributed by atoms with E-state index in [4.69, 9.17) is 22.2 Å². The van der Waals surface area contributed by atoms with Crippen molar-refractivity contribution in [3.63, 3.8) is 0 Å². The molecule has 2 aromatic rings. The molecule has 0 aliphatic carbocycles. The number of hydrogen-bond donors (Lipinski definition) is 2. The van der Waals surface area contributed by atoms with E-state index in [1.54, 1.807) is 0 Å². The average molecular weight is 378 g/mol. The molecule has 0 fully saturated rings. The lowest BCUT2D eigenvalue weighted by Gasteiger charge is -2.16. The minimum atomic E-state index is 0.516. The Morgan fingerprint density at radius 2 is 1.88 bits per heavy atom. The second kappa shape index (κ2) is 10.7. The van der Waals surface area contributed by atoms with Crippen LogP contribution in [-0.4, -0.2) is 25.5 Å². The number of anilines is 1. The Balaban J connectivity index is 0.000000597. The van der Waals surface area contributed by atoms with Crippen LogP contribution >= 0.6 is 11.6 Å². The molecule has 0 atom stereocenters. The minimum absolute atomic E-state index is 0.516. The maximum absolute atomic E-state index is 9.31. The molecule has 0 saturated heterocycles. The van der Waals surface area contributed by atoms with E-state index in [9.17, 15) is 4.79 Å². The van der Waals surface area contributed by atoms with Crippen molar-refractivity contribution in [3.8, 4) is 5.75 Å². The van der Waals surface area contributed by atoms with Gasteiger partial charge in [-0.3, -0.25) is 9.80 Å². The van der Waals surface area contributed by atoms with Crippen molar-refractivity contribution in [2.45, 2.75) is 33.8 Å². The van der Waals surface area contributed by atoms with E-state index < -0.39 is 0 Å². The molecule has 0 aliphatic rings. The molecular weight excluding hydrogens is 350 g/mol. The maximum atomic E-state index is 9.31. The van der Waals surface area contributed by atoms with Gasteiger partial charge >= 0.3 is 0 Å². The lowest BCUT2D eigenvalue weighted by atomic mass is 10.0. The van der Waals surface area contributed by atoms with Gasteiger partial charge in [-0.25, -0.2) is 5.84 Å². The van der Waals surface area contributed by atoms with Crippen LogP contribution in [-0.2, 0) is 17.8 Å². The highest BCUT2D eigenvalue weighted by molar-refractivity contribution is 6.32. The minimum Gasteiger partial charge on any atom is -0.487 e. The van der Waals surface area contributed by atoms with Crippen LogP contribution in [0.1, 0.15) is 29.2 Å². The monoisotopic (exact) mass is 377 g/mol. The third-order valence-corrected chi connectivity index (χ3v) is 4.31. The van der Waals surface area contributed by atoms with E-state index >= 15 is 0 Å². The Morgan fingerprint density at radius 1 is 1.27 bits per heavy atom. The normalized spacial score (nSPS) is 9.81. The number of amides is 1. The van der Waals surface area contributed by atoms with Gasteiger partial charge in [-0.2, -0.15) is 0 Å². The summed E-state index contributed by atoms with van der Waals surface area (Å²) in [4.78, 5) is 9.31. The first-order valence-electron chi connectivity index (χ1n) is 8.44. The third-order valence-electron chi connectivity index (χ3n) is 4.01. The summed E-state index contributed by atoms with van der Waals surface area (Å²) in [5.74, 6) is 5.50. The van der Waals surface area contributed by atoms with Gasteiger partial charge in [0.2, 0.25) is 6.41 Å². The molecule has 0 saturated carbocycles. The fraction of sp³-hybridized carbons (Fsp3) is 0.350. The van der Waals surface area contributed by atoms with Crippen molar-refractivity contribution in [2.24, 2.45) is 5.84 Å². The molecule has 2 rings (SSSR count). The van der Waals surface area contributed by atoms with Crippen LogP contribution in [0.25, 0.3) is 0 Å². The summed E-state index contributed by atoms with van der Waals surface area (Å²) in [5.41, 5.74) is 5.96. The summed E-state index contributed by atoms with van der Waals surface area (Å²) in [6, 6.07) is 10.2. The predicted molar refractivity (Wildman–Crippen MR) is 109 cm³/mol. The molecule has 0 unspecified atom stereocenters. The van der Waals surface area contributed by atoms with Gasteiger partial charge in [-0.1, -0.05) is 30.7 Å². The lowest BCUT2D eigenvalue weighted by Crippen LogP contribution is -2.23. The Labute approximate surface area is 161 Å². The zero-order chi connectivity index (χ0) is 19.7. The van der Waals surface area contributed by atoms with Crippen LogP contribution in [0.5, 0.6) is 5.75 Å². The first-order valence-corrected chi connectivity index (χ1v) is 8.82. The first kappa shape index (κ1) is 21.8. The number of rotatable bonds is 6. The van der Waals surface area contributed by atoms with E-state index in [-0.39, 0.29) is 0 Å². The molecule has 3 N–H and O–H groups in total. The highest BCUT2D eigenvalue weighted by atomic mass is 35.5. The lowest BCUT2D eigenvalue weighted by molar-refractivity contribution is -0.117. The standard InChI is InChI=1S/C18H22ClNO.C2H6N2O/c1-5-14-7-6-8-17(20-4)15(14)11-21-18-10-13(3)12(2)9-16(18)19;1-4(3)2-5/h6-10,20H,5,11H2,1-4H3;2H,3H2,1H3.